The van der Waals surface area contributed by atoms with E-state index >= 15 is 0 Å². The summed E-state index contributed by atoms with van der Waals surface area (Å²) in [5, 5.41) is 40.1. The molecule has 0 aromatic heterocycles. The SMILES string of the molecule is CCCCCCCCCCCCCCCCc1ccccc1C1O[C@H](CO)[C@H](O)[C@H](O)[C@H]1O. The molecule has 1 aromatic carbocycles. The van der Waals surface area contributed by atoms with Gasteiger partial charge in [0.25, 0.3) is 0 Å². The van der Waals surface area contributed by atoms with Gasteiger partial charge in [-0.05, 0) is 24.0 Å². The highest BCUT2D eigenvalue weighted by molar-refractivity contribution is 5.31. The Balaban J connectivity index is 1.63. The molecule has 4 N–H and O–H groups in total. The van der Waals surface area contributed by atoms with E-state index in [2.05, 4.69) is 6.92 Å². The van der Waals surface area contributed by atoms with Crippen LogP contribution in [0, 0.1) is 0 Å². The Labute approximate surface area is 201 Å². The van der Waals surface area contributed by atoms with E-state index in [0.29, 0.717) is 0 Å². The number of aryl methyl sites for hydroxylation is 1. The van der Waals surface area contributed by atoms with Gasteiger partial charge in [-0.15, -0.1) is 0 Å². The fourth-order valence-corrected chi connectivity index (χ4v) is 4.91. The van der Waals surface area contributed by atoms with Crippen molar-refractivity contribution < 1.29 is 25.2 Å². The van der Waals surface area contributed by atoms with Gasteiger partial charge < -0.3 is 25.2 Å². The molecule has 1 aromatic rings. The zero-order chi connectivity index (χ0) is 23.9. The molecule has 33 heavy (non-hydrogen) atoms. The second kappa shape index (κ2) is 16.6. The summed E-state index contributed by atoms with van der Waals surface area (Å²) < 4.78 is 5.77. The van der Waals surface area contributed by atoms with Gasteiger partial charge in [0.1, 0.15) is 30.5 Å². The average Bonchev–Trinajstić information content (AvgIpc) is 2.83. The standard InChI is InChI=1S/C28H48O5/c1-2-3-4-5-6-7-8-9-10-11-12-13-14-15-18-22-19-16-17-20-23(22)28-27(32)26(31)25(30)24(21-29)33-28/h16-17,19-20,24-32H,2-15,18,21H2,1H3/t24-,25+,26+,27-,28?/m1/s1. The molecule has 0 amide bonds. The minimum absolute atomic E-state index is 0.400. The van der Waals surface area contributed by atoms with Crippen LogP contribution in [0.3, 0.4) is 0 Å². The summed E-state index contributed by atoms with van der Waals surface area (Å²) >= 11 is 0. The smallest absolute Gasteiger partial charge is 0.113 e. The van der Waals surface area contributed by atoms with Crippen LogP contribution < -0.4 is 0 Å². The van der Waals surface area contributed by atoms with Gasteiger partial charge in [0.05, 0.1) is 6.61 Å². The molecule has 1 heterocycles. The average molecular weight is 465 g/mol. The van der Waals surface area contributed by atoms with E-state index in [1.807, 2.05) is 24.3 Å². The van der Waals surface area contributed by atoms with Crippen molar-refractivity contribution >= 4 is 0 Å². The zero-order valence-corrected chi connectivity index (χ0v) is 20.7. The lowest BCUT2D eigenvalue weighted by atomic mass is 9.88. The van der Waals surface area contributed by atoms with Crippen LogP contribution in [-0.4, -0.2) is 51.4 Å². The molecule has 1 unspecified atom stereocenters. The van der Waals surface area contributed by atoms with Gasteiger partial charge in [-0.3, -0.25) is 0 Å². The second-order valence-corrected chi connectivity index (χ2v) is 9.79. The zero-order valence-electron chi connectivity index (χ0n) is 20.7. The first-order chi connectivity index (χ1) is 16.1. The normalized spacial score (nSPS) is 25.4. The molecule has 5 nitrogen and oxygen atoms in total. The Hall–Kier alpha value is -0.980. The number of aliphatic hydroxyl groups excluding tert-OH is 4. The van der Waals surface area contributed by atoms with E-state index in [9.17, 15) is 20.4 Å². The molecular formula is C28H48O5. The van der Waals surface area contributed by atoms with Crippen molar-refractivity contribution in [2.45, 2.75) is 134 Å². The monoisotopic (exact) mass is 464 g/mol. The fraction of sp³-hybridized carbons (Fsp3) is 0.786. The topological polar surface area (TPSA) is 90.2 Å². The van der Waals surface area contributed by atoms with Crippen LogP contribution in [0.15, 0.2) is 24.3 Å². The van der Waals surface area contributed by atoms with E-state index in [1.54, 1.807) is 0 Å². The molecule has 0 radical (unpaired) electrons. The van der Waals surface area contributed by atoms with E-state index in [0.717, 1.165) is 24.0 Å². The van der Waals surface area contributed by atoms with Gasteiger partial charge in [-0.1, -0.05) is 115 Å². The fourth-order valence-electron chi connectivity index (χ4n) is 4.91. The van der Waals surface area contributed by atoms with Crippen LogP contribution >= 0.6 is 0 Å². The molecule has 5 atom stereocenters. The number of unbranched alkanes of at least 4 members (excludes halogenated alkanes) is 13. The molecule has 1 fully saturated rings. The van der Waals surface area contributed by atoms with Crippen molar-refractivity contribution in [1.29, 1.82) is 0 Å². The molecule has 0 spiro atoms. The Kier molecular flexibility index (Phi) is 14.2. The number of hydrogen-bond donors (Lipinski definition) is 4. The molecule has 0 bridgehead atoms. The second-order valence-electron chi connectivity index (χ2n) is 9.79. The molecule has 1 aliphatic heterocycles. The largest absolute Gasteiger partial charge is 0.394 e. The predicted octanol–water partition coefficient (Wildman–Crippen LogP) is 5.23. The van der Waals surface area contributed by atoms with Crippen LogP contribution in [0.2, 0.25) is 0 Å². The van der Waals surface area contributed by atoms with Crippen LogP contribution in [-0.2, 0) is 11.2 Å². The summed E-state index contributed by atoms with van der Waals surface area (Å²) in [6, 6.07) is 7.82. The molecule has 0 aliphatic carbocycles. The molecule has 0 saturated carbocycles. The van der Waals surface area contributed by atoms with E-state index in [-0.39, 0.29) is 0 Å². The van der Waals surface area contributed by atoms with Crippen LogP contribution in [0.25, 0.3) is 0 Å². The number of benzene rings is 1. The predicted molar refractivity (Wildman–Crippen MR) is 133 cm³/mol. The van der Waals surface area contributed by atoms with Crippen LogP contribution in [0.4, 0.5) is 0 Å². The van der Waals surface area contributed by atoms with E-state index < -0.39 is 37.1 Å². The first kappa shape index (κ1) is 28.3. The molecule has 5 heteroatoms. The third-order valence-corrected chi connectivity index (χ3v) is 7.05. The summed E-state index contributed by atoms with van der Waals surface area (Å²) in [6.07, 6.45) is 14.0. The quantitative estimate of drug-likeness (QED) is 0.237. The van der Waals surface area contributed by atoms with Crippen LogP contribution in [0.5, 0.6) is 0 Å². The minimum atomic E-state index is -1.34. The van der Waals surface area contributed by atoms with Gasteiger partial charge in [0.15, 0.2) is 0 Å². The highest BCUT2D eigenvalue weighted by Gasteiger charge is 2.44. The van der Waals surface area contributed by atoms with Crippen molar-refractivity contribution in [2.24, 2.45) is 0 Å². The summed E-state index contributed by atoms with van der Waals surface area (Å²) in [5.74, 6) is 0. The highest BCUT2D eigenvalue weighted by Crippen LogP contribution is 2.34. The summed E-state index contributed by atoms with van der Waals surface area (Å²) in [4.78, 5) is 0. The number of aliphatic hydroxyl groups is 4. The lowest BCUT2D eigenvalue weighted by molar-refractivity contribution is -0.231. The van der Waals surface area contributed by atoms with Crippen molar-refractivity contribution in [3.63, 3.8) is 0 Å². The van der Waals surface area contributed by atoms with Gasteiger partial charge >= 0.3 is 0 Å². The van der Waals surface area contributed by atoms with Crippen molar-refractivity contribution in [3.05, 3.63) is 35.4 Å². The first-order valence-corrected chi connectivity index (χ1v) is 13.5. The maximum absolute atomic E-state index is 10.5. The van der Waals surface area contributed by atoms with Crippen molar-refractivity contribution in [3.8, 4) is 0 Å². The number of hydrogen-bond acceptors (Lipinski definition) is 5. The number of rotatable bonds is 17. The summed E-state index contributed by atoms with van der Waals surface area (Å²) in [7, 11) is 0. The van der Waals surface area contributed by atoms with Crippen molar-refractivity contribution in [2.75, 3.05) is 6.61 Å². The maximum Gasteiger partial charge on any atom is 0.113 e. The minimum Gasteiger partial charge on any atom is -0.394 e. The Morgan fingerprint density at radius 2 is 1.18 bits per heavy atom. The van der Waals surface area contributed by atoms with Gasteiger partial charge in [-0.25, -0.2) is 0 Å². The highest BCUT2D eigenvalue weighted by atomic mass is 16.5. The summed E-state index contributed by atoms with van der Waals surface area (Å²) in [6.45, 7) is 1.87. The Morgan fingerprint density at radius 3 is 1.73 bits per heavy atom. The third kappa shape index (κ3) is 9.65. The van der Waals surface area contributed by atoms with Gasteiger partial charge in [0, 0.05) is 0 Å². The first-order valence-electron chi connectivity index (χ1n) is 13.5. The van der Waals surface area contributed by atoms with Gasteiger partial charge in [-0.2, -0.15) is 0 Å². The van der Waals surface area contributed by atoms with E-state index in [4.69, 9.17) is 4.74 Å². The number of ether oxygens (including phenoxy) is 1. The van der Waals surface area contributed by atoms with Gasteiger partial charge in [0.2, 0.25) is 0 Å². The van der Waals surface area contributed by atoms with E-state index in [1.165, 1.54) is 83.5 Å². The van der Waals surface area contributed by atoms with Crippen molar-refractivity contribution in [1.82, 2.24) is 0 Å². The Bertz CT molecular complexity index is 620. The molecular weight excluding hydrogens is 416 g/mol. The third-order valence-electron chi connectivity index (χ3n) is 7.05. The van der Waals surface area contributed by atoms with Crippen LogP contribution in [0.1, 0.15) is 114 Å². The lowest BCUT2D eigenvalue weighted by Gasteiger charge is -2.40. The maximum atomic E-state index is 10.5. The Morgan fingerprint density at radius 1 is 0.667 bits per heavy atom. The molecule has 2 rings (SSSR count). The molecule has 1 saturated heterocycles. The molecule has 190 valence electrons. The molecule has 1 aliphatic rings. The lowest BCUT2D eigenvalue weighted by Crippen LogP contribution is -2.55. The summed E-state index contributed by atoms with van der Waals surface area (Å²) in [5.41, 5.74) is 1.94.